The molecule has 1 aromatic rings. The van der Waals surface area contributed by atoms with Gasteiger partial charge in [0.05, 0.1) is 11.8 Å². The zero-order valence-electron chi connectivity index (χ0n) is 16.5. The maximum atomic E-state index is 10.2. The Kier molecular flexibility index (Phi) is 6.97. The fraction of sp³-hybridized carbons (Fsp3) is 0.591. The minimum Gasteiger partial charge on any atom is -0.390 e. The van der Waals surface area contributed by atoms with Crippen molar-refractivity contribution in [3.63, 3.8) is 0 Å². The van der Waals surface area contributed by atoms with Crippen LogP contribution in [0.5, 0.6) is 0 Å². The first-order valence-electron chi connectivity index (χ1n) is 9.60. The van der Waals surface area contributed by atoms with Crippen molar-refractivity contribution in [2.24, 2.45) is 10.9 Å². The molecule has 138 valence electrons. The van der Waals surface area contributed by atoms with E-state index in [1.807, 2.05) is 20.1 Å². The number of rotatable bonds is 6. The zero-order valence-corrected chi connectivity index (χ0v) is 16.5. The number of allylic oxidation sites excluding steroid dienone is 2. The minimum absolute atomic E-state index is 0.173. The van der Waals surface area contributed by atoms with E-state index in [2.05, 4.69) is 56.0 Å². The van der Waals surface area contributed by atoms with E-state index in [0.29, 0.717) is 5.92 Å². The van der Waals surface area contributed by atoms with Gasteiger partial charge in [0.1, 0.15) is 0 Å². The second-order valence-corrected chi connectivity index (χ2v) is 7.67. The number of nitrogens with zero attached hydrogens (tertiary/aromatic N) is 2. The van der Waals surface area contributed by atoms with Crippen molar-refractivity contribution >= 4 is 11.8 Å². The standard InChI is InChI=1S/C22H34N2O/c1-6-18-9-8-10-20(15-18)19(7-2)16-23-17(3)24-13-11-21(12-14-24)22(4,5)25/h7-10,15-17,21,25H,6,11-14H2,1-5H3/b19-7+,23-16-. The third kappa shape index (κ3) is 5.52. The molecule has 25 heavy (non-hydrogen) atoms. The summed E-state index contributed by atoms with van der Waals surface area (Å²) < 4.78 is 0. The molecule has 0 amide bonds. The van der Waals surface area contributed by atoms with Gasteiger partial charge in [-0.3, -0.25) is 9.89 Å². The largest absolute Gasteiger partial charge is 0.390 e. The molecule has 2 rings (SSSR count). The Hall–Kier alpha value is -1.45. The van der Waals surface area contributed by atoms with Crippen molar-refractivity contribution in [1.82, 2.24) is 4.90 Å². The number of aliphatic imine (C=N–C) groups is 1. The molecule has 3 heteroatoms. The highest BCUT2D eigenvalue weighted by Crippen LogP contribution is 2.28. The van der Waals surface area contributed by atoms with Gasteiger partial charge in [0.2, 0.25) is 0 Å². The van der Waals surface area contributed by atoms with Crippen LogP contribution in [0.3, 0.4) is 0 Å². The van der Waals surface area contributed by atoms with Gasteiger partial charge in [0, 0.05) is 19.3 Å². The second kappa shape index (κ2) is 8.77. The number of aliphatic hydroxyl groups is 1. The molecule has 1 fully saturated rings. The molecular weight excluding hydrogens is 308 g/mol. The van der Waals surface area contributed by atoms with Crippen LogP contribution in [-0.4, -0.2) is 41.1 Å². The lowest BCUT2D eigenvalue weighted by atomic mass is 9.83. The van der Waals surface area contributed by atoms with Crippen LogP contribution in [0.25, 0.3) is 5.57 Å². The quantitative estimate of drug-likeness (QED) is 0.770. The second-order valence-electron chi connectivity index (χ2n) is 7.67. The third-order valence-corrected chi connectivity index (χ3v) is 5.47. The number of hydrogen-bond acceptors (Lipinski definition) is 3. The SMILES string of the molecule is C/C=C(\C=N/C(C)N1CCC(C(C)(C)O)CC1)c1cccc(CC)c1. The first-order chi connectivity index (χ1) is 11.8. The van der Waals surface area contributed by atoms with E-state index >= 15 is 0 Å². The van der Waals surface area contributed by atoms with Crippen molar-refractivity contribution in [2.75, 3.05) is 13.1 Å². The topological polar surface area (TPSA) is 35.8 Å². The van der Waals surface area contributed by atoms with E-state index in [9.17, 15) is 5.11 Å². The summed E-state index contributed by atoms with van der Waals surface area (Å²) in [5.41, 5.74) is 3.19. The lowest BCUT2D eigenvalue weighted by Crippen LogP contribution is -2.44. The molecule has 3 nitrogen and oxygen atoms in total. The highest BCUT2D eigenvalue weighted by Gasteiger charge is 2.31. The van der Waals surface area contributed by atoms with Crippen molar-refractivity contribution in [1.29, 1.82) is 0 Å². The third-order valence-electron chi connectivity index (χ3n) is 5.47. The van der Waals surface area contributed by atoms with Gasteiger partial charge in [-0.2, -0.15) is 0 Å². The Morgan fingerprint density at radius 3 is 2.60 bits per heavy atom. The molecule has 0 saturated carbocycles. The fourth-order valence-corrected chi connectivity index (χ4v) is 3.55. The molecule has 1 saturated heterocycles. The molecule has 1 aromatic carbocycles. The predicted molar refractivity (Wildman–Crippen MR) is 108 cm³/mol. The highest BCUT2D eigenvalue weighted by molar-refractivity contribution is 6.09. The molecule has 0 aliphatic carbocycles. The Balaban J connectivity index is 1.98. The molecule has 0 spiro atoms. The molecule has 1 aliphatic rings. The van der Waals surface area contributed by atoms with Crippen molar-refractivity contribution < 1.29 is 5.11 Å². The normalized spacial score (nSPS) is 19.5. The summed E-state index contributed by atoms with van der Waals surface area (Å²) in [6, 6.07) is 8.69. The summed E-state index contributed by atoms with van der Waals surface area (Å²) >= 11 is 0. The number of benzene rings is 1. The van der Waals surface area contributed by atoms with E-state index in [0.717, 1.165) is 32.4 Å². The lowest BCUT2D eigenvalue weighted by Gasteiger charge is -2.39. The van der Waals surface area contributed by atoms with Crippen molar-refractivity contribution in [2.45, 2.75) is 65.6 Å². The molecule has 1 unspecified atom stereocenters. The van der Waals surface area contributed by atoms with Crippen molar-refractivity contribution in [3.05, 3.63) is 41.5 Å². The maximum Gasteiger partial charge on any atom is 0.0990 e. The Morgan fingerprint density at radius 2 is 2.04 bits per heavy atom. The number of aryl methyl sites for hydroxylation is 1. The molecule has 0 aromatic heterocycles. The average molecular weight is 343 g/mol. The Morgan fingerprint density at radius 1 is 1.36 bits per heavy atom. The van der Waals surface area contributed by atoms with E-state index in [-0.39, 0.29) is 6.17 Å². The van der Waals surface area contributed by atoms with Gasteiger partial charge in [-0.25, -0.2) is 0 Å². The minimum atomic E-state index is -0.568. The lowest BCUT2D eigenvalue weighted by molar-refractivity contribution is -0.0171. The average Bonchev–Trinajstić information content (AvgIpc) is 2.61. The van der Waals surface area contributed by atoms with Gasteiger partial charge in [-0.05, 0) is 69.6 Å². The van der Waals surface area contributed by atoms with Crippen LogP contribution in [0.1, 0.15) is 58.6 Å². The van der Waals surface area contributed by atoms with Gasteiger partial charge in [0.25, 0.3) is 0 Å². The zero-order chi connectivity index (χ0) is 18.4. The number of hydrogen-bond donors (Lipinski definition) is 1. The molecule has 0 radical (unpaired) electrons. The molecule has 1 atom stereocenters. The van der Waals surface area contributed by atoms with Crippen LogP contribution in [0, 0.1) is 5.92 Å². The summed E-state index contributed by atoms with van der Waals surface area (Å²) in [5, 5.41) is 10.2. The molecular formula is C22H34N2O. The van der Waals surface area contributed by atoms with E-state index < -0.39 is 5.60 Å². The van der Waals surface area contributed by atoms with Gasteiger partial charge in [0.15, 0.2) is 0 Å². The summed E-state index contributed by atoms with van der Waals surface area (Å²) in [4.78, 5) is 7.22. The van der Waals surface area contributed by atoms with Crippen LogP contribution in [0.4, 0.5) is 0 Å². The van der Waals surface area contributed by atoms with Crippen molar-refractivity contribution in [3.8, 4) is 0 Å². The summed E-state index contributed by atoms with van der Waals surface area (Å²) in [6.07, 6.45) is 7.45. The van der Waals surface area contributed by atoms with E-state index in [1.54, 1.807) is 0 Å². The number of piperidine rings is 1. The van der Waals surface area contributed by atoms with Gasteiger partial charge < -0.3 is 5.11 Å². The summed E-state index contributed by atoms with van der Waals surface area (Å²) in [7, 11) is 0. The van der Waals surface area contributed by atoms with Crippen LogP contribution in [0.2, 0.25) is 0 Å². The van der Waals surface area contributed by atoms with E-state index in [1.165, 1.54) is 16.7 Å². The van der Waals surface area contributed by atoms with Gasteiger partial charge in [-0.1, -0.05) is 37.3 Å². The van der Waals surface area contributed by atoms with E-state index in [4.69, 9.17) is 4.99 Å². The summed E-state index contributed by atoms with van der Waals surface area (Å²) in [5.74, 6) is 0.391. The highest BCUT2D eigenvalue weighted by atomic mass is 16.3. The van der Waals surface area contributed by atoms with Crippen LogP contribution >= 0.6 is 0 Å². The maximum absolute atomic E-state index is 10.2. The van der Waals surface area contributed by atoms with Crippen LogP contribution in [-0.2, 0) is 6.42 Å². The predicted octanol–water partition coefficient (Wildman–Crippen LogP) is 4.55. The van der Waals surface area contributed by atoms with Crippen LogP contribution < -0.4 is 0 Å². The first-order valence-corrected chi connectivity index (χ1v) is 9.60. The molecule has 0 bridgehead atoms. The number of likely N-dealkylation sites (tertiary alicyclic amines) is 1. The smallest absolute Gasteiger partial charge is 0.0990 e. The summed E-state index contributed by atoms with van der Waals surface area (Å²) in [6.45, 7) is 12.3. The van der Waals surface area contributed by atoms with Crippen LogP contribution in [0.15, 0.2) is 35.3 Å². The monoisotopic (exact) mass is 342 g/mol. The molecule has 1 aliphatic heterocycles. The van der Waals surface area contributed by atoms with Gasteiger partial charge in [-0.15, -0.1) is 0 Å². The van der Waals surface area contributed by atoms with Gasteiger partial charge >= 0.3 is 0 Å². The first kappa shape index (κ1) is 19.9. The Labute approximate surface area is 153 Å². The fourth-order valence-electron chi connectivity index (χ4n) is 3.55. The Bertz CT molecular complexity index is 605. The molecule has 1 N–H and O–H groups in total. The molecule has 1 heterocycles.